The van der Waals surface area contributed by atoms with E-state index in [2.05, 4.69) is 9.98 Å². The van der Waals surface area contributed by atoms with Gasteiger partial charge in [-0.05, 0) is 49.7 Å². The summed E-state index contributed by atoms with van der Waals surface area (Å²) in [5, 5.41) is 0.187. The van der Waals surface area contributed by atoms with Crippen molar-refractivity contribution in [1.82, 2.24) is 14.0 Å². The minimum Gasteiger partial charge on any atom is -0.462 e. The van der Waals surface area contributed by atoms with Crippen LogP contribution in [-0.4, -0.2) is 32.4 Å². The van der Waals surface area contributed by atoms with Crippen LogP contribution in [0.25, 0.3) is 16.7 Å². The van der Waals surface area contributed by atoms with Gasteiger partial charge in [-0.3, -0.25) is 14.0 Å². The number of aromatic nitrogens is 3. The van der Waals surface area contributed by atoms with Crippen LogP contribution in [0, 0.1) is 5.82 Å². The monoisotopic (exact) mass is 448 g/mol. The Morgan fingerprint density at radius 2 is 1.94 bits per heavy atom. The largest absolute Gasteiger partial charge is 0.462 e. The van der Waals surface area contributed by atoms with Gasteiger partial charge >= 0.3 is 5.97 Å². The lowest BCUT2D eigenvalue weighted by Gasteiger charge is -2.14. The first kappa shape index (κ1) is 22.1. The Hall–Kier alpha value is -4.14. The number of hydrogen-bond acceptors (Lipinski definition) is 5. The molecule has 168 valence electrons. The van der Waals surface area contributed by atoms with E-state index in [-0.39, 0.29) is 39.8 Å². The van der Waals surface area contributed by atoms with Gasteiger partial charge in [0.2, 0.25) is 0 Å². The van der Waals surface area contributed by atoms with Crippen LogP contribution < -0.4 is 11.0 Å². The molecular weight excluding hydrogens is 427 g/mol. The highest BCUT2D eigenvalue weighted by Crippen LogP contribution is 2.13. The van der Waals surface area contributed by atoms with Crippen LogP contribution in [0.4, 0.5) is 4.39 Å². The van der Waals surface area contributed by atoms with Gasteiger partial charge in [0, 0.05) is 18.3 Å². The van der Waals surface area contributed by atoms with Gasteiger partial charge in [0.05, 0.1) is 12.0 Å². The topological polar surface area (TPSA) is 95.0 Å². The molecule has 0 unspecified atom stereocenters. The molecule has 0 spiro atoms. The predicted octanol–water partition coefficient (Wildman–Crippen LogP) is 3.12. The van der Waals surface area contributed by atoms with Crippen molar-refractivity contribution in [2.45, 2.75) is 26.8 Å². The Morgan fingerprint density at radius 1 is 1.12 bits per heavy atom. The SMILES string of the molecule is CCCn1c(=NC(=O)c2cccc(F)c2)c(C(=O)OCC)cc2c(=O)n3ccccc3nc21. The van der Waals surface area contributed by atoms with Crippen LogP contribution in [0.15, 0.2) is 64.5 Å². The summed E-state index contributed by atoms with van der Waals surface area (Å²) in [5.74, 6) is -2.04. The molecule has 4 rings (SSSR count). The Balaban J connectivity index is 2.12. The van der Waals surface area contributed by atoms with E-state index in [4.69, 9.17) is 4.74 Å². The molecule has 3 heterocycles. The lowest BCUT2D eigenvalue weighted by Crippen LogP contribution is -2.32. The third-order valence-electron chi connectivity index (χ3n) is 5.01. The lowest BCUT2D eigenvalue weighted by molar-refractivity contribution is 0.0523. The molecule has 0 fully saturated rings. The first-order chi connectivity index (χ1) is 15.9. The average molecular weight is 448 g/mol. The second-order valence-electron chi connectivity index (χ2n) is 7.26. The molecule has 1 aromatic carbocycles. The van der Waals surface area contributed by atoms with E-state index in [0.717, 1.165) is 6.07 Å². The summed E-state index contributed by atoms with van der Waals surface area (Å²) in [5.41, 5.74) is 0.313. The minimum atomic E-state index is -0.734. The van der Waals surface area contributed by atoms with Crippen LogP contribution in [-0.2, 0) is 11.3 Å². The van der Waals surface area contributed by atoms with Gasteiger partial charge in [-0.25, -0.2) is 14.2 Å². The smallest absolute Gasteiger partial charge is 0.341 e. The highest BCUT2D eigenvalue weighted by molar-refractivity contribution is 5.97. The standard InChI is InChI=1S/C24H21FN4O4/c1-3-11-29-20-17(23(31)28-12-6-5-10-19(28)26-20)14-18(24(32)33-4-2)21(29)27-22(30)15-8-7-9-16(25)13-15/h5-10,12-14H,3-4,11H2,1-2H3. The molecule has 0 aliphatic rings. The number of pyridine rings is 2. The van der Waals surface area contributed by atoms with E-state index in [0.29, 0.717) is 18.6 Å². The van der Waals surface area contributed by atoms with Gasteiger partial charge < -0.3 is 9.30 Å². The molecule has 1 amide bonds. The van der Waals surface area contributed by atoms with E-state index < -0.39 is 17.7 Å². The van der Waals surface area contributed by atoms with Crippen LogP contribution in [0.2, 0.25) is 0 Å². The van der Waals surface area contributed by atoms with Crippen molar-refractivity contribution in [2.75, 3.05) is 6.61 Å². The summed E-state index contributed by atoms with van der Waals surface area (Å²) < 4.78 is 21.8. The zero-order chi connectivity index (χ0) is 23.5. The van der Waals surface area contributed by atoms with Crippen LogP contribution in [0.5, 0.6) is 0 Å². The minimum absolute atomic E-state index is 0.00393. The fraction of sp³-hybridized carbons (Fsp3) is 0.208. The molecule has 8 nitrogen and oxygen atoms in total. The van der Waals surface area contributed by atoms with Crippen molar-refractivity contribution in [3.63, 3.8) is 0 Å². The molecule has 0 aliphatic heterocycles. The van der Waals surface area contributed by atoms with Gasteiger partial charge in [-0.15, -0.1) is 0 Å². The molecule has 0 N–H and O–H groups in total. The van der Waals surface area contributed by atoms with Crippen molar-refractivity contribution >= 4 is 28.6 Å². The number of esters is 1. The van der Waals surface area contributed by atoms with E-state index in [1.165, 1.54) is 28.7 Å². The number of fused-ring (bicyclic) bond motifs is 2. The van der Waals surface area contributed by atoms with Crippen molar-refractivity contribution < 1.29 is 18.7 Å². The van der Waals surface area contributed by atoms with Gasteiger partial charge in [0.25, 0.3) is 11.5 Å². The molecule has 0 bridgehead atoms. The third kappa shape index (κ3) is 4.17. The first-order valence-corrected chi connectivity index (χ1v) is 10.5. The maximum Gasteiger partial charge on any atom is 0.341 e. The summed E-state index contributed by atoms with van der Waals surface area (Å²) >= 11 is 0. The fourth-order valence-electron chi connectivity index (χ4n) is 3.57. The lowest BCUT2D eigenvalue weighted by atomic mass is 10.2. The number of ether oxygens (including phenoxy) is 1. The second-order valence-corrected chi connectivity index (χ2v) is 7.26. The third-order valence-corrected chi connectivity index (χ3v) is 5.01. The summed E-state index contributed by atoms with van der Waals surface area (Å²) in [6.07, 6.45) is 2.20. The van der Waals surface area contributed by atoms with E-state index >= 15 is 0 Å². The number of amides is 1. The molecule has 0 atom stereocenters. The zero-order valence-corrected chi connectivity index (χ0v) is 18.1. The average Bonchev–Trinajstić information content (AvgIpc) is 2.81. The van der Waals surface area contributed by atoms with Gasteiger partial charge in [-0.2, -0.15) is 4.99 Å². The molecule has 9 heteroatoms. The van der Waals surface area contributed by atoms with Gasteiger partial charge in [0.15, 0.2) is 5.49 Å². The first-order valence-electron chi connectivity index (χ1n) is 10.5. The van der Waals surface area contributed by atoms with Crippen molar-refractivity contribution in [3.8, 4) is 0 Å². The van der Waals surface area contributed by atoms with E-state index in [9.17, 15) is 18.8 Å². The maximum absolute atomic E-state index is 13.7. The molecule has 0 saturated heterocycles. The van der Waals surface area contributed by atoms with Crippen LogP contribution in [0.1, 0.15) is 41.0 Å². The Labute approximate surface area is 187 Å². The Kier molecular flexibility index (Phi) is 6.12. The molecule has 0 radical (unpaired) electrons. The summed E-state index contributed by atoms with van der Waals surface area (Å²) in [6.45, 7) is 3.98. The van der Waals surface area contributed by atoms with Crippen LogP contribution >= 0.6 is 0 Å². The van der Waals surface area contributed by atoms with Gasteiger partial charge in [-0.1, -0.05) is 19.1 Å². The molecule has 33 heavy (non-hydrogen) atoms. The highest BCUT2D eigenvalue weighted by atomic mass is 19.1. The summed E-state index contributed by atoms with van der Waals surface area (Å²) in [6, 6.07) is 11.6. The Bertz CT molecular complexity index is 1520. The normalized spacial score (nSPS) is 11.8. The quantitative estimate of drug-likeness (QED) is 0.345. The molecule has 0 aliphatic carbocycles. The Morgan fingerprint density at radius 3 is 2.67 bits per heavy atom. The van der Waals surface area contributed by atoms with Crippen LogP contribution in [0.3, 0.4) is 0 Å². The molecule has 4 aromatic rings. The number of carbonyl (C=O) groups is 2. The van der Waals surface area contributed by atoms with E-state index in [1.54, 1.807) is 35.9 Å². The molecular formula is C24H21FN4O4. The number of benzene rings is 1. The number of nitrogens with zero attached hydrogens (tertiary/aromatic N) is 4. The summed E-state index contributed by atoms with van der Waals surface area (Å²) in [7, 11) is 0. The van der Waals surface area contributed by atoms with E-state index in [1.807, 2.05) is 6.92 Å². The second kappa shape index (κ2) is 9.15. The zero-order valence-electron chi connectivity index (χ0n) is 18.1. The van der Waals surface area contributed by atoms with Crippen molar-refractivity contribution in [1.29, 1.82) is 0 Å². The highest BCUT2D eigenvalue weighted by Gasteiger charge is 2.20. The van der Waals surface area contributed by atoms with Crippen molar-refractivity contribution in [2.24, 2.45) is 4.99 Å². The summed E-state index contributed by atoms with van der Waals surface area (Å²) in [4.78, 5) is 47.7. The molecule has 0 saturated carbocycles. The number of rotatable bonds is 5. The van der Waals surface area contributed by atoms with Gasteiger partial charge in [0.1, 0.15) is 22.7 Å². The number of hydrogen-bond donors (Lipinski definition) is 0. The van der Waals surface area contributed by atoms with Crippen molar-refractivity contribution in [3.05, 3.63) is 87.5 Å². The molecule has 3 aromatic heterocycles. The maximum atomic E-state index is 13.7. The number of carbonyl (C=O) groups excluding carboxylic acids is 2. The predicted molar refractivity (Wildman–Crippen MR) is 119 cm³/mol. The number of aryl methyl sites for hydroxylation is 1. The number of halogens is 1. The fourth-order valence-corrected chi connectivity index (χ4v) is 3.57.